The summed E-state index contributed by atoms with van der Waals surface area (Å²) in [4.78, 5) is 21.8. The molecule has 0 aliphatic heterocycles. The van der Waals surface area contributed by atoms with Gasteiger partial charge in [-0.15, -0.1) is 11.8 Å². The van der Waals surface area contributed by atoms with Crippen LogP contribution < -0.4 is 5.73 Å². The molecule has 0 amide bonds. The van der Waals surface area contributed by atoms with Crippen molar-refractivity contribution in [3.8, 4) is 0 Å². The second kappa shape index (κ2) is 7.73. The standard InChI is InChI=1S/C12H15NO4S/c13-10(12(15)16)7-18-8-11(14)17-6-9-4-2-1-3-5-9/h1-5,10H,6-8,13H2,(H,15,16). The first-order valence-electron chi connectivity index (χ1n) is 5.35. The van der Waals surface area contributed by atoms with Crippen LogP contribution >= 0.6 is 11.8 Å². The lowest BCUT2D eigenvalue weighted by Crippen LogP contribution is -2.32. The van der Waals surface area contributed by atoms with Crippen molar-refractivity contribution in [3.05, 3.63) is 35.9 Å². The zero-order valence-corrected chi connectivity index (χ0v) is 10.6. The maximum Gasteiger partial charge on any atom is 0.321 e. The van der Waals surface area contributed by atoms with E-state index in [2.05, 4.69) is 0 Å². The van der Waals surface area contributed by atoms with E-state index in [1.54, 1.807) is 0 Å². The molecule has 0 radical (unpaired) electrons. The maximum atomic E-state index is 11.3. The van der Waals surface area contributed by atoms with Crippen LogP contribution in [0.2, 0.25) is 0 Å². The molecule has 0 spiro atoms. The number of carbonyl (C=O) groups excluding carboxylic acids is 1. The lowest BCUT2D eigenvalue weighted by Gasteiger charge is -2.06. The molecule has 0 aromatic heterocycles. The minimum Gasteiger partial charge on any atom is -0.480 e. The van der Waals surface area contributed by atoms with Gasteiger partial charge in [-0.1, -0.05) is 30.3 Å². The lowest BCUT2D eigenvalue weighted by atomic mass is 10.2. The Morgan fingerprint density at radius 2 is 2.00 bits per heavy atom. The molecular formula is C12H15NO4S. The molecule has 98 valence electrons. The van der Waals surface area contributed by atoms with E-state index in [1.165, 1.54) is 0 Å². The number of thioether (sulfide) groups is 1. The van der Waals surface area contributed by atoms with Gasteiger partial charge < -0.3 is 15.6 Å². The molecule has 0 bridgehead atoms. The predicted molar refractivity (Wildman–Crippen MR) is 69.2 cm³/mol. The first-order chi connectivity index (χ1) is 8.59. The molecule has 1 rings (SSSR count). The molecule has 0 aliphatic rings. The Labute approximate surface area is 109 Å². The number of aliphatic carboxylic acids is 1. The zero-order valence-electron chi connectivity index (χ0n) is 9.74. The summed E-state index contributed by atoms with van der Waals surface area (Å²) in [6, 6.07) is 8.39. The highest BCUT2D eigenvalue weighted by Crippen LogP contribution is 2.05. The normalized spacial score (nSPS) is 11.8. The molecule has 0 heterocycles. The molecule has 5 nitrogen and oxygen atoms in total. The summed E-state index contributed by atoms with van der Waals surface area (Å²) in [6.45, 7) is 0.227. The minimum absolute atomic E-state index is 0.105. The Hall–Kier alpha value is -1.53. The molecular weight excluding hydrogens is 254 g/mol. The van der Waals surface area contributed by atoms with Gasteiger partial charge >= 0.3 is 11.9 Å². The van der Waals surface area contributed by atoms with Crippen LogP contribution in [-0.4, -0.2) is 34.6 Å². The average Bonchev–Trinajstić information content (AvgIpc) is 2.37. The Kier molecular flexibility index (Phi) is 6.24. The topological polar surface area (TPSA) is 89.6 Å². The number of hydrogen-bond donors (Lipinski definition) is 2. The number of carbonyl (C=O) groups is 2. The van der Waals surface area contributed by atoms with Crippen molar-refractivity contribution in [2.75, 3.05) is 11.5 Å². The second-order valence-electron chi connectivity index (χ2n) is 3.61. The Balaban J connectivity index is 2.17. The average molecular weight is 269 g/mol. The smallest absolute Gasteiger partial charge is 0.321 e. The van der Waals surface area contributed by atoms with Crippen molar-refractivity contribution >= 4 is 23.7 Å². The van der Waals surface area contributed by atoms with Gasteiger partial charge in [-0.05, 0) is 5.56 Å². The summed E-state index contributed by atoms with van der Waals surface area (Å²) in [7, 11) is 0. The van der Waals surface area contributed by atoms with Crippen LogP contribution in [-0.2, 0) is 20.9 Å². The summed E-state index contributed by atoms with van der Waals surface area (Å²) in [5.41, 5.74) is 6.21. The molecule has 1 atom stereocenters. The molecule has 1 aromatic carbocycles. The second-order valence-corrected chi connectivity index (χ2v) is 4.64. The van der Waals surface area contributed by atoms with E-state index in [1.807, 2.05) is 30.3 Å². The summed E-state index contributed by atoms with van der Waals surface area (Å²) < 4.78 is 5.02. The van der Waals surface area contributed by atoms with E-state index >= 15 is 0 Å². The van der Waals surface area contributed by atoms with Crippen LogP contribution in [0.5, 0.6) is 0 Å². The lowest BCUT2D eigenvalue weighted by molar-refractivity contribution is -0.142. The van der Waals surface area contributed by atoms with Gasteiger partial charge in [0.15, 0.2) is 0 Å². The highest BCUT2D eigenvalue weighted by molar-refractivity contribution is 8.00. The van der Waals surface area contributed by atoms with Crippen molar-refractivity contribution in [2.45, 2.75) is 12.6 Å². The molecule has 18 heavy (non-hydrogen) atoms. The van der Waals surface area contributed by atoms with Crippen molar-refractivity contribution in [3.63, 3.8) is 0 Å². The SMILES string of the molecule is NC(CSCC(=O)OCc1ccccc1)C(=O)O. The van der Waals surface area contributed by atoms with Gasteiger partial charge in [-0.3, -0.25) is 9.59 Å². The van der Waals surface area contributed by atoms with Gasteiger partial charge in [0, 0.05) is 5.75 Å². The van der Waals surface area contributed by atoms with Crippen LogP contribution in [0.4, 0.5) is 0 Å². The molecule has 0 saturated carbocycles. The Bertz CT molecular complexity index is 396. The quantitative estimate of drug-likeness (QED) is 0.714. The van der Waals surface area contributed by atoms with Crippen LogP contribution in [0, 0.1) is 0 Å². The Morgan fingerprint density at radius 1 is 1.33 bits per heavy atom. The molecule has 3 N–H and O–H groups in total. The van der Waals surface area contributed by atoms with Crippen LogP contribution in [0.15, 0.2) is 30.3 Å². The number of benzene rings is 1. The zero-order chi connectivity index (χ0) is 13.4. The highest BCUT2D eigenvalue weighted by Gasteiger charge is 2.12. The third-order valence-corrected chi connectivity index (χ3v) is 3.11. The fraction of sp³-hybridized carbons (Fsp3) is 0.333. The van der Waals surface area contributed by atoms with E-state index in [9.17, 15) is 9.59 Å². The largest absolute Gasteiger partial charge is 0.480 e. The predicted octanol–water partition coefficient (Wildman–Crippen LogP) is 0.875. The number of hydrogen-bond acceptors (Lipinski definition) is 5. The number of esters is 1. The van der Waals surface area contributed by atoms with Gasteiger partial charge in [-0.25, -0.2) is 0 Å². The maximum absolute atomic E-state index is 11.3. The first-order valence-corrected chi connectivity index (χ1v) is 6.50. The van der Waals surface area contributed by atoms with Crippen LogP contribution in [0.1, 0.15) is 5.56 Å². The molecule has 0 fully saturated rings. The molecule has 6 heteroatoms. The summed E-state index contributed by atoms with van der Waals surface area (Å²) in [6.07, 6.45) is 0. The van der Waals surface area contributed by atoms with Crippen LogP contribution in [0.3, 0.4) is 0 Å². The van der Waals surface area contributed by atoms with Crippen molar-refractivity contribution in [1.29, 1.82) is 0 Å². The highest BCUT2D eigenvalue weighted by atomic mass is 32.2. The first kappa shape index (κ1) is 14.5. The summed E-state index contributed by atoms with van der Waals surface area (Å²) in [5.74, 6) is -1.15. The van der Waals surface area contributed by atoms with E-state index in [4.69, 9.17) is 15.6 Å². The van der Waals surface area contributed by atoms with E-state index in [-0.39, 0.29) is 24.1 Å². The van der Waals surface area contributed by atoms with Crippen molar-refractivity contribution in [2.24, 2.45) is 5.73 Å². The van der Waals surface area contributed by atoms with E-state index in [0.717, 1.165) is 17.3 Å². The van der Waals surface area contributed by atoms with Gasteiger partial charge in [0.05, 0.1) is 5.75 Å². The number of ether oxygens (including phenoxy) is 1. The summed E-state index contributed by atoms with van der Waals surface area (Å²) in [5, 5.41) is 8.54. The van der Waals surface area contributed by atoms with Gasteiger partial charge in [0.1, 0.15) is 12.6 Å². The fourth-order valence-corrected chi connectivity index (χ4v) is 1.88. The van der Waals surface area contributed by atoms with Gasteiger partial charge in [-0.2, -0.15) is 0 Å². The van der Waals surface area contributed by atoms with E-state index < -0.39 is 12.0 Å². The third-order valence-electron chi connectivity index (χ3n) is 2.08. The number of carboxylic acids is 1. The van der Waals surface area contributed by atoms with Crippen LogP contribution in [0.25, 0.3) is 0 Å². The number of rotatable bonds is 7. The number of nitrogens with two attached hydrogens (primary N) is 1. The fourth-order valence-electron chi connectivity index (χ4n) is 1.12. The Morgan fingerprint density at radius 3 is 2.61 bits per heavy atom. The molecule has 0 aliphatic carbocycles. The van der Waals surface area contributed by atoms with Gasteiger partial charge in [0.2, 0.25) is 0 Å². The minimum atomic E-state index is -1.07. The number of carboxylic acid groups (broad SMARTS) is 1. The van der Waals surface area contributed by atoms with Crippen molar-refractivity contribution in [1.82, 2.24) is 0 Å². The summed E-state index contributed by atoms with van der Waals surface area (Å²) >= 11 is 1.15. The molecule has 1 aromatic rings. The monoisotopic (exact) mass is 269 g/mol. The van der Waals surface area contributed by atoms with E-state index in [0.29, 0.717) is 0 Å². The third kappa shape index (κ3) is 5.70. The van der Waals surface area contributed by atoms with Crippen molar-refractivity contribution < 1.29 is 19.4 Å². The molecule has 1 unspecified atom stereocenters. The molecule has 0 saturated heterocycles. The van der Waals surface area contributed by atoms with Gasteiger partial charge in [0.25, 0.3) is 0 Å².